The van der Waals surface area contributed by atoms with Gasteiger partial charge in [-0.3, -0.25) is 14.2 Å². The predicted molar refractivity (Wildman–Crippen MR) is 154 cm³/mol. The Bertz CT molecular complexity index is 1870. The number of fused-ring (bicyclic) bond motifs is 2. The van der Waals surface area contributed by atoms with E-state index in [4.69, 9.17) is 0 Å². The standard InChI is InChI=1S/C30H27FN6O3S/c1-19-33-29(26-17-32-36-30(26)34-19)35-23-15-22-9-3-5-12-28(22)37(18-23)41(39,40)25-10-6-7-20(14-25)13-24(38)16-21-8-2-4-11-27(21)31/h2-12,14,17,23H,13,15-16,18H2,1H3,(H2,32,33,34,35,36). The van der Waals surface area contributed by atoms with Gasteiger partial charge in [-0.05, 0) is 54.3 Å². The van der Waals surface area contributed by atoms with Crippen LogP contribution < -0.4 is 9.62 Å². The summed E-state index contributed by atoms with van der Waals surface area (Å²) in [6.07, 6.45) is 2.16. The Morgan fingerprint density at radius 1 is 1.05 bits per heavy atom. The number of H-pyrrole nitrogens is 1. The highest BCUT2D eigenvalue weighted by atomic mass is 32.2. The Morgan fingerprint density at radius 2 is 1.85 bits per heavy atom. The van der Waals surface area contributed by atoms with E-state index in [9.17, 15) is 17.6 Å². The molecule has 0 radical (unpaired) electrons. The normalized spacial score (nSPS) is 15.1. The van der Waals surface area contributed by atoms with Gasteiger partial charge >= 0.3 is 0 Å². The van der Waals surface area contributed by atoms with Crippen molar-refractivity contribution in [2.24, 2.45) is 0 Å². The number of sulfonamides is 1. The third-order valence-electron chi connectivity index (χ3n) is 7.11. The van der Waals surface area contributed by atoms with Crippen LogP contribution in [0.4, 0.5) is 15.9 Å². The number of ketones is 1. The third-order valence-corrected chi connectivity index (χ3v) is 8.88. The number of hydrogen-bond acceptors (Lipinski definition) is 7. The van der Waals surface area contributed by atoms with Gasteiger partial charge in [-0.2, -0.15) is 5.10 Å². The molecule has 0 saturated heterocycles. The number of aromatic amines is 1. The van der Waals surface area contributed by atoms with Crippen LogP contribution in [0, 0.1) is 12.7 Å². The molecule has 0 fully saturated rings. The molecule has 2 N–H and O–H groups in total. The fourth-order valence-electron chi connectivity index (χ4n) is 5.22. The van der Waals surface area contributed by atoms with E-state index in [1.807, 2.05) is 18.2 Å². The topological polar surface area (TPSA) is 121 Å². The van der Waals surface area contributed by atoms with Gasteiger partial charge in [-0.25, -0.2) is 22.8 Å². The Balaban J connectivity index is 1.27. The molecule has 9 nitrogen and oxygen atoms in total. The molecule has 0 saturated carbocycles. The second-order valence-corrected chi connectivity index (χ2v) is 12.0. The maximum Gasteiger partial charge on any atom is 0.264 e. The summed E-state index contributed by atoms with van der Waals surface area (Å²) in [5.74, 6) is 0.502. The van der Waals surface area contributed by atoms with E-state index in [1.165, 1.54) is 22.5 Å². The minimum atomic E-state index is -3.99. The quantitative estimate of drug-likeness (QED) is 0.284. The van der Waals surface area contributed by atoms with Gasteiger partial charge < -0.3 is 5.32 Å². The van der Waals surface area contributed by atoms with E-state index in [0.717, 1.165) is 10.9 Å². The molecule has 6 rings (SSSR count). The third kappa shape index (κ3) is 5.40. The van der Waals surface area contributed by atoms with E-state index in [1.54, 1.807) is 49.5 Å². The molecule has 208 valence electrons. The molecular weight excluding hydrogens is 543 g/mol. The van der Waals surface area contributed by atoms with Gasteiger partial charge in [0.15, 0.2) is 5.65 Å². The predicted octanol–water partition coefficient (Wildman–Crippen LogP) is 4.39. The van der Waals surface area contributed by atoms with Crippen LogP contribution in [-0.2, 0) is 34.1 Å². The molecule has 1 aliphatic heterocycles. The molecule has 3 aromatic carbocycles. The second-order valence-electron chi connectivity index (χ2n) is 10.1. The number of para-hydroxylation sites is 1. The molecule has 0 aliphatic carbocycles. The molecule has 0 amide bonds. The van der Waals surface area contributed by atoms with Crippen LogP contribution in [0.25, 0.3) is 11.0 Å². The smallest absolute Gasteiger partial charge is 0.264 e. The lowest BCUT2D eigenvalue weighted by molar-refractivity contribution is -0.117. The van der Waals surface area contributed by atoms with E-state index >= 15 is 0 Å². The average Bonchev–Trinajstić information content (AvgIpc) is 3.43. The molecule has 0 bridgehead atoms. The summed E-state index contributed by atoms with van der Waals surface area (Å²) in [6.45, 7) is 1.95. The zero-order valence-electron chi connectivity index (χ0n) is 22.2. The zero-order valence-corrected chi connectivity index (χ0v) is 23.0. The summed E-state index contributed by atoms with van der Waals surface area (Å²) in [5, 5.41) is 11.1. The Kier molecular flexibility index (Phi) is 6.96. The lowest BCUT2D eigenvalue weighted by Crippen LogP contribution is -2.45. The molecule has 5 aromatic rings. The number of halogens is 1. The highest BCUT2D eigenvalue weighted by molar-refractivity contribution is 7.92. The van der Waals surface area contributed by atoms with Crippen molar-refractivity contribution in [2.75, 3.05) is 16.2 Å². The van der Waals surface area contributed by atoms with Crippen LogP contribution in [0.3, 0.4) is 0 Å². The summed E-state index contributed by atoms with van der Waals surface area (Å²) >= 11 is 0. The minimum Gasteiger partial charge on any atom is -0.364 e. The van der Waals surface area contributed by atoms with Gasteiger partial charge in [-0.15, -0.1) is 0 Å². The van der Waals surface area contributed by atoms with E-state index in [0.29, 0.717) is 40.5 Å². The fourth-order valence-corrected chi connectivity index (χ4v) is 6.84. The lowest BCUT2D eigenvalue weighted by atomic mass is 9.99. The molecule has 0 spiro atoms. The van der Waals surface area contributed by atoms with E-state index in [-0.39, 0.29) is 36.1 Å². The number of carbonyl (C=O) groups excluding carboxylic acids is 1. The van der Waals surface area contributed by atoms with Crippen LogP contribution in [0.2, 0.25) is 0 Å². The maximum atomic E-state index is 14.1. The van der Waals surface area contributed by atoms with Crippen molar-refractivity contribution in [3.63, 3.8) is 0 Å². The number of rotatable bonds is 8. The second kappa shape index (κ2) is 10.7. The lowest BCUT2D eigenvalue weighted by Gasteiger charge is -2.36. The number of benzene rings is 3. The van der Waals surface area contributed by atoms with Crippen molar-refractivity contribution in [3.8, 4) is 0 Å². The van der Waals surface area contributed by atoms with Crippen molar-refractivity contribution in [3.05, 3.63) is 107 Å². The fraction of sp³-hybridized carbons (Fsp3) is 0.200. The van der Waals surface area contributed by atoms with Crippen molar-refractivity contribution in [1.82, 2.24) is 20.2 Å². The molecule has 41 heavy (non-hydrogen) atoms. The average molecular weight is 571 g/mol. The summed E-state index contributed by atoms with van der Waals surface area (Å²) < 4.78 is 43.6. The Labute approximate surface area is 236 Å². The van der Waals surface area contributed by atoms with Crippen molar-refractivity contribution < 1.29 is 17.6 Å². The molecule has 1 unspecified atom stereocenters. The Morgan fingerprint density at radius 3 is 2.71 bits per heavy atom. The van der Waals surface area contributed by atoms with Crippen LogP contribution in [0.15, 0.2) is 83.9 Å². The van der Waals surface area contributed by atoms with Crippen LogP contribution in [0.1, 0.15) is 22.5 Å². The largest absolute Gasteiger partial charge is 0.364 e. The number of aromatic nitrogens is 4. The highest BCUT2D eigenvalue weighted by Gasteiger charge is 2.34. The molecule has 1 aliphatic rings. The van der Waals surface area contributed by atoms with Gasteiger partial charge in [0, 0.05) is 12.8 Å². The van der Waals surface area contributed by atoms with E-state index < -0.39 is 15.8 Å². The van der Waals surface area contributed by atoms with Crippen LogP contribution >= 0.6 is 0 Å². The van der Waals surface area contributed by atoms with Crippen molar-refractivity contribution in [1.29, 1.82) is 0 Å². The summed E-state index contributed by atoms with van der Waals surface area (Å²) in [7, 11) is -3.99. The number of Topliss-reactive ketones (excluding diaryl/α,β-unsaturated/α-hetero) is 1. The molecule has 11 heteroatoms. The molecule has 2 aromatic heterocycles. The van der Waals surface area contributed by atoms with Crippen molar-refractivity contribution >= 4 is 38.3 Å². The SMILES string of the molecule is Cc1nc(NC2Cc3ccccc3N(S(=O)(=O)c3cccc(CC(=O)Cc4ccccc4F)c3)C2)c2cn[nH]c2n1. The number of nitrogens with zero attached hydrogens (tertiary/aromatic N) is 4. The number of carbonyl (C=O) groups is 1. The number of anilines is 2. The van der Waals surface area contributed by atoms with Crippen LogP contribution in [0.5, 0.6) is 0 Å². The van der Waals surface area contributed by atoms with Gasteiger partial charge in [0.2, 0.25) is 0 Å². The number of aryl methyl sites for hydroxylation is 1. The minimum absolute atomic E-state index is 0.00771. The first-order valence-electron chi connectivity index (χ1n) is 13.2. The zero-order chi connectivity index (χ0) is 28.6. The first-order chi connectivity index (χ1) is 19.8. The van der Waals surface area contributed by atoms with Gasteiger partial charge in [0.05, 0.1) is 34.8 Å². The van der Waals surface area contributed by atoms with Crippen molar-refractivity contribution in [2.45, 2.75) is 37.1 Å². The molecule has 1 atom stereocenters. The number of hydrogen-bond donors (Lipinski definition) is 2. The summed E-state index contributed by atoms with van der Waals surface area (Å²) in [5.41, 5.74) is 2.95. The van der Waals surface area contributed by atoms with Gasteiger partial charge in [0.1, 0.15) is 23.2 Å². The monoisotopic (exact) mass is 570 g/mol. The van der Waals surface area contributed by atoms with Crippen LogP contribution in [-0.4, -0.2) is 47.0 Å². The summed E-state index contributed by atoms with van der Waals surface area (Å²) in [4.78, 5) is 21.7. The Hall–Kier alpha value is -4.64. The van der Waals surface area contributed by atoms with E-state index in [2.05, 4.69) is 25.5 Å². The first-order valence-corrected chi connectivity index (χ1v) is 14.6. The van der Waals surface area contributed by atoms with Gasteiger partial charge in [-0.1, -0.05) is 48.5 Å². The molecule has 3 heterocycles. The maximum absolute atomic E-state index is 14.1. The number of nitrogens with one attached hydrogen (secondary N) is 2. The molecular formula is C30H27FN6O3S. The first kappa shape index (κ1) is 26.6. The van der Waals surface area contributed by atoms with Gasteiger partial charge in [0.25, 0.3) is 10.0 Å². The summed E-state index contributed by atoms with van der Waals surface area (Å²) in [6, 6.07) is 19.7. The highest BCUT2D eigenvalue weighted by Crippen LogP contribution is 2.33.